The molecule has 1 aromatic carbocycles. The van der Waals surface area contributed by atoms with Crippen LogP contribution in [0.25, 0.3) is 0 Å². The summed E-state index contributed by atoms with van der Waals surface area (Å²) in [5.74, 6) is 2.45. The monoisotopic (exact) mass is 261 g/mol. The number of rotatable bonds is 5. The maximum Gasteiger partial charge on any atom is 0.148 e. The van der Waals surface area contributed by atoms with Gasteiger partial charge in [-0.25, -0.2) is 0 Å². The van der Waals surface area contributed by atoms with Crippen molar-refractivity contribution < 1.29 is 9.47 Å². The molecule has 5 heteroatoms. The number of hydrogen-bond acceptors (Lipinski definition) is 4. The molecule has 0 radical (unpaired) electrons. The summed E-state index contributed by atoms with van der Waals surface area (Å²) in [6.45, 7) is 2.62. The van der Waals surface area contributed by atoms with Crippen LogP contribution in [0.3, 0.4) is 0 Å². The Labute approximate surface area is 113 Å². The molecule has 0 aliphatic heterocycles. The number of anilines is 1. The molecule has 0 atom stereocenters. The van der Waals surface area contributed by atoms with Crippen molar-refractivity contribution in [2.75, 3.05) is 19.5 Å². The number of ether oxygens (including phenoxy) is 2. The van der Waals surface area contributed by atoms with E-state index in [2.05, 4.69) is 10.4 Å². The van der Waals surface area contributed by atoms with Crippen molar-refractivity contribution >= 4 is 5.82 Å². The predicted octanol–water partition coefficient (Wildman–Crippen LogP) is 2.36. The molecule has 0 unspecified atom stereocenters. The zero-order valence-electron chi connectivity index (χ0n) is 11.7. The van der Waals surface area contributed by atoms with Crippen molar-refractivity contribution in [2.24, 2.45) is 7.05 Å². The van der Waals surface area contributed by atoms with Crippen molar-refractivity contribution in [3.8, 4) is 11.5 Å². The highest BCUT2D eigenvalue weighted by Gasteiger charge is 2.10. The van der Waals surface area contributed by atoms with Crippen LogP contribution < -0.4 is 14.8 Å². The molecule has 0 saturated heterocycles. The van der Waals surface area contributed by atoms with Crippen molar-refractivity contribution in [1.82, 2.24) is 9.78 Å². The minimum Gasteiger partial charge on any atom is -0.496 e. The van der Waals surface area contributed by atoms with E-state index in [1.54, 1.807) is 14.2 Å². The molecular formula is C14H19N3O2. The van der Waals surface area contributed by atoms with E-state index >= 15 is 0 Å². The molecule has 102 valence electrons. The van der Waals surface area contributed by atoms with Gasteiger partial charge < -0.3 is 14.8 Å². The van der Waals surface area contributed by atoms with E-state index in [1.807, 2.05) is 42.9 Å². The van der Waals surface area contributed by atoms with Gasteiger partial charge in [0.2, 0.25) is 0 Å². The maximum atomic E-state index is 5.36. The van der Waals surface area contributed by atoms with Crippen molar-refractivity contribution in [3.05, 3.63) is 35.5 Å². The molecule has 0 saturated carbocycles. The summed E-state index contributed by atoms with van der Waals surface area (Å²) in [5, 5.41) is 7.64. The van der Waals surface area contributed by atoms with Gasteiger partial charge in [0.1, 0.15) is 17.3 Å². The third-order valence-corrected chi connectivity index (χ3v) is 3.09. The van der Waals surface area contributed by atoms with Crippen LogP contribution in [0.5, 0.6) is 11.5 Å². The zero-order valence-corrected chi connectivity index (χ0v) is 11.7. The van der Waals surface area contributed by atoms with Crippen LogP contribution in [0.2, 0.25) is 0 Å². The van der Waals surface area contributed by atoms with E-state index in [9.17, 15) is 0 Å². The van der Waals surface area contributed by atoms with Gasteiger partial charge in [-0.2, -0.15) is 5.10 Å². The number of hydrogen-bond donors (Lipinski definition) is 1. The Kier molecular flexibility index (Phi) is 3.94. The Balaban J connectivity index is 2.18. The summed E-state index contributed by atoms with van der Waals surface area (Å²) in [6.07, 6.45) is 0. The van der Waals surface area contributed by atoms with Crippen molar-refractivity contribution in [3.63, 3.8) is 0 Å². The molecule has 2 rings (SSSR count). The number of aromatic nitrogens is 2. The third kappa shape index (κ3) is 2.81. The average Bonchev–Trinajstić information content (AvgIpc) is 2.75. The van der Waals surface area contributed by atoms with Gasteiger partial charge >= 0.3 is 0 Å². The average molecular weight is 261 g/mol. The lowest BCUT2D eigenvalue weighted by atomic mass is 10.1. The summed E-state index contributed by atoms with van der Waals surface area (Å²) < 4.78 is 12.6. The topological polar surface area (TPSA) is 48.3 Å². The standard InChI is InChI=1S/C14H19N3O2/c1-10-8-14(16-17(10)2)15-9-11-12(18-3)6-5-7-13(11)19-4/h5-8H,9H2,1-4H3,(H,15,16). The van der Waals surface area contributed by atoms with Crippen LogP contribution in [-0.4, -0.2) is 24.0 Å². The minimum atomic E-state index is 0.601. The SMILES string of the molecule is COc1cccc(OC)c1CNc1cc(C)n(C)n1. The summed E-state index contributed by atoms with van der Waals surface area (Å²) in [4.78, 5) is 0. The number of aryl methyl sites for hydroxylation is 2. The number of benzene rings is 1. The lowest BCUT2D eigenvalue weighted by molar-refractivity contribution is 0.386. The number of nitrogens with zero attached hydrogens (tertiary/aromatic N) is 2. The smallest absolute Gasteiger partial charge is 0.148 e. The fourth-order valence-electron chi connectivity index (χ4n) is 1.93. The highest BCUT2D eigenvalue weighted by molar-refractivity contribution is 5.47. The quantitative estimate of drug-likeness (QED) is 0.897. The molecule has 0 spiro atoms. The molecule has 5 nitrogen and oxygen atoms in total. The molecule has 1 N–H and O–H groups in total. The van der Waals surface area contributed by atoms with E-state index in [0.717, 1.165) is 28.6 Å². The first kappa shape index (κ1) is 13.3. The van der Waals surface area contributed by atoms with Gasteiger partial charge in [-0.05, 0) is 19.1 Å². The molecule has 0 fully saturated rings. The second kappa shape index (κ2) is 5.65. The van der Waals surface area contributed by atoms with E-state index in [-0.39, 0.29) is 0 Å². The van der Waals surface area contributed by atoms with Crippen molar-refractivity contribution in [1.29, 1.82) is 0 Å². The summed E-state index contributed by atoms with van der Waals surface area (Å²) in [6, 6.07) is 7.75. The van der Waals surface area contributed by atoms with Crippen LogP contribution in [0.1, 0.15) is 11.3 Å². The fourth-order valence-corrected chi connectivity index (χ4v) is 1.93. The minimum absolute atomic E-state index is 0.601. The Morgan fingerprint density at radius 1 is 1.21 bits per heavy atom. The maximum absolute atomic E-state index is 5.36. The first-order valence-electron chi connectivity index (χ1n) is 6.10. The van der Waals surface area contributed by atoms with Gasteiger partial charge in [-0.1, -0.05) is 6.07 Å². The summed E-state index contributed by atoms with van der Waals surface area (Å²) >= 11 is 0. The van der Waals surface area contributed by atoms with Gasteiger partial charge in [0.25, 0.3) is 0 Å². The highest BCUT2D eigenvalue weighted by Crippen LogP contribution is 2.28. The second-order valence-electron chi connectivity index (χ2n) is 4.29. The molecular weight excluding hydrogens is 242 g/mol. The molecule has 0 aliphatic rings. The predicted molar refractivity (Wildman–Crippen MR) is 74.8 cm³/mol. The normalized spacial score (nSPS) is 10.3. The lowest BCUT2D eigenvalue weighted by Crippen LogP contribution is -2.05. The van der Waals surface area contributed by atoms with E-state index in [4.69, 9.17) is 9.47 Å². The number of methoxy groups -OCH3 is 2. The summed E-state index contributed by atoms with van der Waals surface area (Å²) in [5.41, 5.74) is 2.09. The molecule has 0 aliphatic carbocycles. The van der Waals surface area contributed by atoms with Crippen LogP contribution in [0, 0.1) is 6.92 Å². The Morgan fingerprint density at radius 3 is 2.32 bits per heavy atom. The largest absolute Gasteiger partial charge is 0.496 e. The molecule has 1 aromatic heterocycles. The van der Waals surface area contributed by atoms with Crippen LogP contribution in [0.15, 0.2) is 24.3 Å². The van der Waals surface area contributed by atoms with E-state index < -0.39 is 0 Å². The van der Waals surface area contributed by atoms with Crippen LogP contribution in [0.4, 0.5) is 5.82 Å². The first-order chi connectivity index (χ1) is 9.15. The Hall–Kier alpha value is -2.17. The molecule has 19 heavy (non-hydrogen) atoms. The van der Waals surface area contributed by atoms with Gasteiger partial charge in [0, 0.05) is 25.4 Å². The fraction of sp³-hybridized carbons (Fsp3) is 0.357. The molecule has 0 bridgehead atoms. The highest BCUT2D eigenvalue weighted by atomic mass is 16.5. The van der Waals surface area contributed by atoms with Gasteiger partial charge in [-0.15, -0.1) is 0 Å². The first-order valence-corrected chi connectivity index (χ1v) is 6.10. The van der Waals surface area contributed by atoms with Crippen LogP contribution >= 0.6 is 0 Å². The number of nitrogens with one attached hydrogen (secondary N) is 1. The summed E-state index contributed by atoms with van der Waals surface area (Å²) in [7, 11) is 5.23. The third-order valence-electron chi connectivity index (χ3n) is 3.09. The Morgan fingerprint density at radius 2 is 1.84 bits per heavy atom. The molecule has 1 heterocycles. The Bertz CT molecular complexity index is 522. The van der Waals surface area contributed by atoms with Crippen LogP contribution in [-0.2, 0) is 13.6 Å². The van der Waals surface area contributed by atoms with E-state index in [0.29, 0.717) is 6.54 Å². The van der Waals surface area contributed by atoms with E-state index in [1.165, 1.54) is 0 Å². The molecule has 2 aromatic rings. The van der Waals surface area contributed by atoms with Gasteiger partial charge in [-0.3, -0.25) is 4.68 Å². The zero-order chi connectivity index (χ0) is 13.8. The van der Waals surface area contributed by atoms with Gasteiger partial charge in [0.05, 0.1) is 19.8 Å². The van der Waals surface area contributed by atoms with Crippen molar-refractivity contribution in [2.45, 2.75) is 13.5 Å². The second-order valence-corrected chi connectivity index (χ2v) is 4.29. The lowest BCUT2D eigenvalue weighted by Gasteiger charge is -2.13. The molecule has 0 amide bonds. The van der Waals surface area contributed by atoms with Gasteiger partial charge in [0.15, 0.2) is 0 Å².